The summed E-state index contributed by atoms with van der Waals surface area (Å²) in [6, 6.07) is 6.64. The fourth-order valence-corrected chi connectivity index (χ4v) is 1.70. The predicted molar refractivity (Wildman–Crippen MR) is 65.0 cm³/mol. The molecule has 2 aromatic rings. The van der Waals surface area contributed by atoms with Gasteiger partial charge >= 0.3 is 0 Å². The summed E-state index contributed by atoms with van der Waals surface area (Å²) in [4.78, 5) is 14.6. The van der Waals surface area contributed by atoms with Gasteiger partial charge in [0.25, 0.3) is 5.69 Å². The van der Waals surface area contributed by atoms with Gasteiger partial charge < -0.3 is 5.32 Å². The van der Waals surface area contributed by atoms with Gasteiger partial charge in [-0.3, -0.25) is 10.1 Å². The highest BCUT2D eigenvalue weighted by molar-refractivity contribution is 5.39. The molecular weight excluding hydrogens is 234 g/mol. The fraction of sp³-hybridized carbons (Fsp3) is 0.273. The maximum Gasteiger partial charge on any atom is 0.274 e. The molecule has 1 N–H and O–H groups in total. The number of aromatic nitrogens is 3. The van der Waals surface area contributed by atoms with Crippen LogP contribution in [-0.4, -0.2) is 26.7 Å². The molecule has 0 unspecified atom stereocenters. The second-order valence-corrected chi connectivity index (χ2v) is 3.75. The molecule has 0 aliphatic rings. The normalized spacial score (nSPS) is 10.5. The molecule has 1 aromatic carbocycles. The highest BCUT2D eigenvalue weighted by Gasteiger charge is 2.14. The summed E-state index contributed by atoms with van der Waals surface area (Å²) in [6.07, 6.45) is 1.45. The topological polar surface area (TPSA) is 85.9 Å². The third-order valence-electron chi connectivity index (χ3n) is 2.54. The van der Waals surface area contributed by atoms with Crippen molar-refractivity contribution in [1.82, 2.24) is 20.1 Å². The number of nitro benzene ring substituents is 1. The van der Waals surface area contributed by atoms with Gasteiger partial charge in [-0.15, -0.1) is 0 Å². The summed E-state index contributed by atoms with van der Waals surface area (Å²) in [5.74, 6) is 0.746. The van der Waals surface area contributed by atoms with E-state index >= 15 is 0 Å². The van der Waals surface area contributed by atoms with Crippen LogP contribution in [0.4, 0.5) is 5.69 Å². The number of nitro groups is 1. The van der Waals surface area contributed by atoms with E-state index in [9.17, 15) is 10.1 Å². The number of rotatable bonds is 5. The Kier molecular flexibility index (Phi) is 3.63. The Hall–Kier alpha value is -2.28. The molecule has 0 fully saturated rings. The first kappa shape index (κ1) is 12.2. The summed E-state index contributed by atoms with van der Waals surface area (Å²) in [7, 11) is 1.81. The highest BCUT2D eigenvalue weighted by atomic mass is 16.6. The van der Waals surface area contributed by atoms with Crippen molar-refractivity contribution in [3.8, 4) is 0 Å². The van der Waals surface area contributed by atoms with Crippen molar-refractivity contribution >= 4 is 5.69 Å². The first-order valence-corrected chi connectivity index (χ1v) is 5.46. The summed E-state index contributed by atoms with van der Waals surface area (Å²) in [5, 5.41) is 18.0. The third kappa shape index (κ3) is 2.51. The van der Waals surface area contributed by atoms with Crippen molar-refractivity contribution in [2.75, 3.05) is 7.05 Å². The highest BCUT2D eigenvalue weighted by Crippen LogP contribution is 2.18. The lowest BCUT2D eigenvalue weighted by Gasteiger charge is -2.06. The Bertz CT molecular complexity index is 552. The van der Waals surface area contributed by atoms with E-state index < -0.39 is 0 Å². The lowest BCUT2D eigenvalue weighted by atomic mass is 10.2. The van der Waals surface area contributed by atoms with Crippen molar-refractivity contribution in [3.63, 3.8) is 0 Å². The van der Waals surface area contributed by atoms with Crippen molar-refractivity contribution < 1.29 is 4.92 Å². The van der Waals surface area contributed by atoms with Crippen LogP contribution >= 0.6 is 0 Å². The Morgan fingerprint density at radius 2 is 2.22 bits per heavy atom. The quantitative estimate of drug-likeness (QED) is 0.628. The number of para-hydroxylation sites is 1. The molecular formula is C11H13N5O2. The van der Waals surface area contributed by atoms with Gasteiger partial charge in [0.1, 0.15) is 12.2 Å². The first-order chi connectivity index (χ1) is 8.72. The van der Waals surface area contributed by atoms with Gasteiger partial charge in [0, 0.05) is 6.07 Å². The van der Waals surface area contributed by atoms with Crippen LogP contribution in [0, 0.1) is 10.1 Å². The van der Waals surface area contributed by atoms with Gasteiger partial charge in [0.2, 0.25) is 0 Å². The van der Waals surface area contributed by atoms with Gasteiger partial charge in [-0.1, -0.05) is 18.2 Å². The average Bonchev–Trinajstić information content (AvgIpc) is 2.78. The molecule has 0 aliphatic heterocycles. The third-order valence-corrected chi connectivity index (χ3v) is 2.54. The van der Waals surface area contributed by atoms with Gasteiger partial charge in [0.15, 0.2) is 0 Å². The summed E-state index contributed by atoms with van der Waals surface area (Å²) < 4.78 is 1.65. The van der Waals surface area contributed by atoms with Crippen LogP contribution in [0.1, 0.15) is 11.4 Å². The summed E-state index contributed by atoms with van der Waals surface area (Å²) >= 11 is 0. The number of nitrogens with zero attached hydrogens (tertiary/aromatic N) is 4. The molecule has 0 amide bonds. The molecule has 0 aliphatic carbocycles. The van der Waals surface area contributed by atoms with Crippen molar-refractivity contribution in [2.45, 2.75) is 13.1 Å². The summed E-state index contributed by atoms with van der Waals surface area (Å²) in [5.41, 5.74) is 0.716. The minimum absolute atomic E-state index is 0.100. The van der Waals surface area contributed by atoms with E-state index in [1.807, 2.05) is 7.05 Å². The van der Waals surface area contributed by atoms with Gasteiger partial charge in [-0.2, -0.15) is 5.10 Å². The Morgan fingerprint density at radius 1 is 1.44 bits per heavy atom. The molecule has 2 rings (SSSR count). The molecule has 0 saturated heterocycles. The van der Waals surface area contributed by atoms with E-state index in [4.69, 9.17) is 0 Å². The van der Waals surface area contributed by atoms with E-state index in [2.05, 4.69) is 15.4 Å². The van der Waals surface area contributed by atoms with Crippen LogP contribution in [0.15, 0.2) is 30.6 Å². The Balaban J connectivity index is 2.28. The molecule has 0 atom stereocenters. The molecule has 1 aromatic heterocycles. The summed E-state index contributed by atoms with van der Waals surface area (Å²) in [6.45, 7) is 0.912. The molecule has 18 heavy (non-hydrogen) atoms. The minimum atomic E-state index is -0.385. The smallest absolute Gasteiger partial charge is 0.274 e. The lowest BCUT2D eigenvalue weighted by molar-refractivity contribution is -0.385. The standard InChI is InChI=1S/C11H13N5O2/c1-12-6-11-13-8-14-15(11)7-9-4-2-3-5-10(9)16(17)18/h2-5,8,12H,6-7H2,1H3. The molecule has 94 valence electrons. The van der Waals surface area contributed by atoms with Crippen LogP contribution in [0.5, 0.6) is 0 Å². The van der Waals surface area contributed by atoms with Crippen LogP contribution in [0.2, 0.25) is 0 Å². The number of hydrogen-bond acceptors (Lipinski definition) is 5. The van der Waals surface area contributed by atoms with E-state index in [-0.39, 0.29) is 10.6 Å². The number of hydrogen-bond donors (Lipinski definition) is 1. The van der Waals surface area contributed by atoms with Crippen LogP contribution in [0.25, 0.3) is 0 Å². The molecule has 0 saturated carbocycles. The fourth-order valence-electron chi connectivity index (χ4n) is 1.70. The molecule has 7 heteroatoms. The Labute approximate surface area is 104 Å². The number of benzene rings is 1. The van der Waals surface area contributed by atoms with E-state index in [0.29, 0.717) is 18.7 Å². The van der Waals surface area contributed by atoms with E-state index in [0.717, 1.165) is 5.82 Å². The molecule has 0 spiro atoms. The molecule has 7 nitrogen and oxygen atoms in total. The molecule has 0 bridgehead atoms. The maximum absolute atomic E-state index is 10.9. The monoisotopic (exact) mass is 247 g/mol. The van der Waals surface area contributed by atoms with Gasteiger partial charge in [0.05, 0.1) is 23.6 Å². The lowest BCUT2D eigenvalue weighted by Crippen LogP contribution is -2.14. The largest absolute Gasteiger partial charge is 0.313 e. The molecule has 1 heterocycles. The van der Waals surface area contributed by atoms with Gasteiger partial charge in [-0.25, -0.2) is 9.67 Å². The average molecular weight is 247 g/mol. The predicted octanol–water partition coefficient (Wildman–Crippen LogP) is 0.954. The second kappa shape index (κ2) is 5.37. The molecule has 0 radical (unpaired) electrons. The van der Waals surface area contributed by atoms with E-state index in [1.165, 1.54) is 12.4 Å². The first-order valence-electron chi connectivity index (χ1n) is 5.46. The zero-order chi connectivity index (χ0) is 13.0. The van der Waals surface area contributed by atoms with Crippen LogP contribution in [0.3, 0.4) is 0 Å². The van der Waals surface area contributed by atoms with Gasteiger partial charge in [-0.05, 0) is 7.05 Å². The zero-order valence-corrected chi connectivity index (χ0v) is 9.91. The van der Waals surface area contributed by atoms with Crippen LogP contribution in [-0.2, 0) is 13.1 Å². The Morgan fingerprint density at radius 3 is 2.94 bits per heavy atom. The second-order valence-electron chi connectivity index (χ2n) is 3.75. The van der Waals surface area contributed by atoms with Crippen molar-refractivity contribution in [3.05, 3.63) is 52.1 Å². The van der Waals surface area contributed by atoms with Crippen molar-refractivity contribution in [1.29, 1.82) is 0 Å². The maximum atomic E-state index is 10.9. The van der Waals surface area contributed by atoms with Crippen LogP contribution < -0.4 is 5.32 Å². The zero-order valence-electron chi connectivity index (χ0n) is 9.91. The van der Waals surface area contributed by atoms with Crippen molar-refractivity contribution in [2.24, 2.45) is 0 Å². The minimum Gasteiger partial charge on any atom is -0.313 e. The van der Waals surface area contributed by atoms with E-state index in [1.54, 1.807) is 22.9 Å². The SMILES string of the molecule is CNCc1ncnn1Cc1ccccc1[N+](=O)[O-]. The number of nitrogens with one attached hydrogen (secondary N) is 1.